The lowest BCUT2D eigenvalue weighted by atomic mass is 10.1. The molecule has 0 bridgehead atoms. The van der Waals surface area contributed by atoms with Crippen LogP contribution in [0.25, 0.3) is 4.96 Å². The number of carbonyl (C=O) groups is 1. The summed E-state index contributed by atoms with van der Waals surface area (Å²) in [6.45, 7) is 4.01. The maximum absolute atomic E-state index is 12.5. The molecule has 0 spiro atoms. The topological polar surface area (TPSA) is 101 Å². The van der Waals surface area contributed by atoms with Crippen LogP contribution >= 0.6 is 11.3 Å². The molecule has 0 radical (unpaired) electrons. The Kier molecular flexibility index (Phi) is 6.56. The summed E-state index contributed by atoms with van der Waals surface area (Å²) < 4.78 is 22.4. The number of carbonyl (C=O) groups excluding carboxylic acids is 1. The molecule has 0 aliphatic heterocycles. The van der Waals surface area contributed by atoms with Crippen LogP contribution in [-0.4, -0.2) is 41.9 Å². The molecule has 2 heterocycles. The summed E-state index contributed by atoms with van der Waals surface area (Å²) in [7, 11) is 4.40. The van der Waals surface area contributed by atoms with E-state index in [2.05, 4.69) is 23.9 Å². The quantitative estimate of drug-likeness (QED) is 0.500. The smallest absolute Gasteiger partial charge is 0.338 e. The molecule has 3 rings (SSSR count). The monoisotopic (exact) mass is 433 g/mol. The van der Waals surface area contributed by atoms with E-state index in [9.17, 15) is 9.59 Å². The van der Waals surface area contributed by atoms with Gasteiger partial charge in [0.1, 0.15) is 11.6 Å². The van der Waals surface area contributed by atoms with Crippen LogP contribution < -0.4 is 19.8 Å². The number of ether oxygens (including phenoxy) is 4. The molecule has 10 heteroatoms. The first kappa shape index (κ1) is 21.6. The van der Waals surface area contributed by atoms with Crippen molar-refractivity contribution in [3.8, 4) is 17.2 Å². The Bertz CT molecular complexity index is 1100. The van der Waals surface area contributed by atoms with E-state index in [4.69, 9.17) is 18.9 Å². The molecule has 0 saturated heterocycles. The van der Waals surface area contributed by atoms with Crippen molar-refractivity contribution < 1.29 is 23.7 Å². The number of rotatable bonds is 8. The van der Waals surface area contributed by atoms with Crippen LogP contribution in [0, 0.1) is 5.92 Å². The second-order valence-electron chi connectivity index (χ2n) is 6.86. The second kappa shape index (κ2) is 9.12. The van der Waals surface area contributed by atoms with Gasteiger partial charge in [0.25, 0.3) is 5.56 Å². The molecule has 160 valence electrons. The molecular weight excluding hydrogens is 410 g/mol. The SMILES string of the molecule is COc1cc(C(=O)OCc2cc(=O)n3nc(CC(C)C)sc3n2)cc(OC)c1OC. The summed E-state index contributed by atoms with van der Waals surface area (Å²) in [6.07, 6.45) is 0.763. The molecule has 0 amide bonds. The third kappa shape index (κ3) is 4.54. The maximum atomic E-state index is 12.5. The maximum Gasteiger partial charge on any atom is 0.338 e. The van der Waals surface area contributed by atoms with Gasteiger partial charge in [0.05, 0.1) is 32.6 Å². The van der Waals surface area contributed by atoms with Crippen molar-refractivity contribution in [2.45, 2.75) is 26.9 Å². The fraction of sp³-hybridized carbons (Fsp3) is 0.400. The molecule has 9 nitrogen and oxygen atoms in total. The molecule has 0 N–H and O–H groups in total. The fourth-order valence-corrected chi connectivity index (χ4v) is 3.95. The summed E-state index contributed by atoms with van der Waals surface area (Å²) in [5, 5.41) is 5.14. The number of aromatic nitrogens is 3. The molecule has 2 aromatic heterocycles. The third-order valence-corrected chi connectivity index (χ3v) is 5.11. The van der Waals surface area contributed by atoms with Gasteiger partial charge in [-0.05, 0) is 18.1 Å². The van der Waals surface area contributed by atoms with Crippen LogP contribution in [0.1, 0.15) is 34.9 Å². The molecule has 0 aliphatic carbocycles. The molecule has 0 saturated carbocycles. The minimum absolute atomic E-state index is 0.154. The van der Waals surface area contributed by atoms with Gasteiger partial charge in [-0.15, -0.1) is 0 Å². The van der Waals surface area contributed by atoms with Gasteiger partial charge in [-0.25, -0.2) is 9.78 Å². The lowest BCUT2D eigenvalue weighted by molar-refractivity contribution is 0.0467. The van der Waals surface area contributed by atoms with Crippen LogP contribution in [-0.2, 0) is 17.8 Å². The summed E-state index contributed by atoms with van der Waals surface area (Å²) >= 11 is 1.35. The summed E-state index contributed by atoms with van der Waals surface area (Å²) in [5.74, 6) is 0.855. The molecular formula is C20H23N3O6S. The van der Waals surface area contributed by atoms with Crippen LogP contribution in [0.4, 0.5) is 0 Å². The lowest BCUT2D eigenvalue weighted by Gasteiger charge is -2.13. The summed E-state index contributed by atoms with van der Waals surface area (Å²) in [6, 6.07) is 4.31. The van der Waals surface area contributed by atoms with Gasteiger partial charge in [0.15, 0.2) is 11.5 Å². The van der Waals surface area contributed by atoms with E-state index in [1.807, 2.05) is 0 Å². The predicted octanol–water partition coefficient (Wildman–Crippen LogP) is 2.73. The highest BCUT2D eigenvalue weighted by Gasteiger charge is 2.18. The highest BCUT2D eigenvalue weighted by Crippen LogP contribution is 2.38. The molecule has 0 aliphatic rings. The van der Waals surface area contributed by atoms with Crippen molar-refractivity contribution in [2.24, 2.45) is 5.92 Å². The number of esters is 1. The fourth-order valence-electron chi connectivity index (χ4n) is 2.82. The first-order valence-electron chi connectivity index (χ1n) is 9.22. The van der Waals surface area contributed by atoms with Crippen LogP contribution in [0.2, 0.25) is 0 Å². The van der Waals surface area contributed by atoms with Crippen LogP contribution in [0.15, 0.2) is 23.0 Å². The van der Waals surface area contributed by atoms with E-state index >= 15 is 0 Å². The first-order chi connectivity index (χ1) is 14.4. The molecule has 0 fully saturated rings. The van der Waals surface area contributed by atoms with Gasteiger partial charge in [-0.1, -0.05) is 25.2 Å². The Morgan fingerprint density at radius 2 is 1.77 bits per heavy atom. The Morgan fingerprint density at radius 1 is 1.10 bits per heavy atom. The van der Waals surface area contributed by atoms with Crippen molar-refractivity contribution >= 4 is 22.3 Å². The second-order valence-corrected chi connectivity index (χ2v) is 7.90. The van der Waals surface area contributed by atoms with E-state index in [-0.39, 0.29) is 17.7 Å². The van der Waals surface area contributed by atoms with E-state index in [1.54, 1.807) is 0 Å². The van der Waals surface area contributed by atoms with Gasteiger partial charge in [-0.2, -0.15) is 9.61 Å². The van der Waals surface area contributed by atoms with Gasteiger partial charge in [0, 0.05) is 12.5 Å². The Labute approximate surface area is 177 Å². The zero-order chi connectivity index (χ0) is 21.8. The molecule has 0 atom stereocenters. The highest BCUT2D eigenvalue weighted by atomic mass is 32.1. The molecule has 1 aromatic carbocycles. The van der Waals surface area contributed by atoms with E-state index in [1.165, 1.54) is 55.4 Å². The van der Waals surface area contributed by atoms with Gasteiger partial charge in [0.2, 0.25) is 10.7 Å². The van der Waals surface area contributed by atoms with E-state index < -0.39 is 5.97 Å². The Morgan fingerprint density at radius 3 is 2.33 bits per heavy atom. The largest absolute Gasteiger partial charge is 0.493 e. The summed E-state index contributed by atoms with van der Waals surface area (Å²) in [4.78, 5) is 29.7. The Balaban J connectivity index is 1.80. The number of hydrogen-bond donors (Lipinski definition) is 0. The molecule has 0 unspecified atom stereocenters. The van der Waals surface area contributed by atoms with Crippen molar-refractivity contribution in [1.29, 1.82) is 0 Å². The van der Waals surface area contributed by atoms with Gasteiger partial charge in [-0.3, -0.25) is 4.79 Å². The zero-order valence-corrected chi connectivity index (χ0v) is 18.2. The predicted molar refractivity (Wildman–Crippen MR) is 111 cm³/mol. The van der Waals surface area contributed by atoms with Crippen molar-refractivity contribution in [3.05, 3.63) is 44.8 Å². The minimum atomic E-state index is -0.610. The number of methoxy groups -OCH3 is 3. The lowest BCUT2D eigenvalue weighted by Crippen LogP contribution is -2.17. The number of benzene rings is 1. The normalized spacial score (nSPS) is 11.0. The number of hydrogen-bond acceptors (Lipinski definition) is 9. The van der Waals surface area contributed by atoms with Crippen LogP contribution in [0.3, 0.4) is 0 Å². The standard InChI is InChI=1S/C20H23N3O6S/c1-11(2)6-16-22-23-17(24)9-13(21-20(23)30-16)10-29-19(25)12-7-14(26-3)18(28-5)15(8-12)27-4/h7-9,11H,6,10H2,1-5H3. The average molecular weight is 433 g/mol. The zero-order valence-electron chi connectivity index (χ0n) is 17.4. The number of nitrogens with zero attached hydrogens (tertiary/aromatic N) is 3. The molecule has 3 aromatic rings. The van der Waals surface area contributed by atoms with Crippen LogP contribution in [0.5, 0.6) is 17.2 Å². The Hall–Kier alpha value is -3.14. The average Bonchev–Trinajstić information content (AvgIpc) is 3.12. The van der Waals surface area contributed by atoms with Crippen molar-refractivity contribution in [1.82, 2.24) is 14.6 Å². The van der Waals surface area contributed by atoms with E-state index in [0.29, 0.717) is 33.8 Å². The molecule has 30 heavy (non-hydrogen) atoms. The van der Waals surface area contributed by atoms with Gasteiger partial charge < -0.3 is 18.9 Å². The van der Waals surface area contributed by atoms with E-state index in [0.717, 1.165) is 11.4 Å². The number of fused-ring (bicyclic) bond motifs is 1. The highest BCUT2D eigenvalue weighted by molar-refractivity contribution is 7.16. The van der Waals surface area contributed by atoms with Gasteiger partial charge >= 0.3 is 5.97 Å². The summed E-state index contributed by atoms with van der Waals surface area (Å²) in [5.41, 5.74) is 0.255. The van der Waals surface area contributed by atoms with Crippen molar-refractivity contribution in [3.63, 3.8) is 0 Å². The third-order valence-electron chi connectivity index (χ3n) is 4.17. The first-order valence-corrected chi connectivity index (χ1v) is 10.0. The van der Waals surface area contributed by atoms with Crippen molar-refractivity contribution in [2.75, 3.05) is 21.3 Å². The minimum Gasteiger partial charge on any atom is -0.493 e.